The zero-order valence-electron chi connectivity index (χ0n) is 19.2. The molecular weight excluding hydrogens is 462 g/mol. The Kier molecular flexibility index (Phi) is 6.21. The fraction of sp³-hybridized carbons (Fsp3) is 0.222. The summed E-state index contributed by atoms with van der Waals surface area (Å²) in [7, 11) is -3.70. The van der Waals surface area contributed by atoms with Crippen molar-refractivity contribution in [1.29, 1.82) is 0 Å². The summed E-state index contributed by atoms with van der Waals surface area (Å²) in [5, 5.41) is 10.2. The number of rotatable bonds is 6. The van der Waals surface area contributed by atoms with Gasteiger partial charge in [0, 0.05) is 42.9 Å². The number of carboxylic acid groups (broad SMARTS) is 1. The van der Waals surface area contributed by atoms with Gasteiger partial charge in [0.15, 0.2) is 0 Å². The molecule has 35 heavy (non-hydrogen) atoms. The number of anilines is 1. The topological polar surface area (TPSA) is 82.8 Å². The second-order valence-corrected chi connectivity index (χ2v) is 10.6. The van der Waals surface area contributed by atoms with Gasteiger partial charge in [-0.05, 0) is 54.8 Å². The third kappa shape index (κ3) is 4.61. The Labute approximate surface area is 204 Å². The number of piperidine rings is 1. The van der Waals surface area contributed by atoms with Crippen LogP contribution in [0, 0.1) is 0 Å². The van der Waals surface area contributed by atoms with E-state index in [4.69, 9.17) is 0 Å². The number of hydrogen-bond acceptors (Lipinski definition) is 4. The second kappa shape index (κ2) is 9.46. The number of aromatic nitrogens is 1. The molecule has 7 nitrogen and oxygen atoms in total. The third-order valence-corrected chi connectivity index (χ3v) is 8.35. The van der Waals surface area contributed by atoms with Crippen molar-refractivity contribution in [3.05, 3.63) is 96.7 Å². The molecule has 1 saturated heterocycles. The molecule has 1 aliphatic rings. The summed E-state index contributed by atoms with van der Waals surface area (Å²) in [5.41, 5.74) is 2.78. The number of hydrogen-bond donors (Lipinski definition) is 1. The van der Waals surface area contributed by atoms with E-state index in [0.29, 0.717) is 25.2 Å². The van der Waals surface area contributed by atoms with Crippen LogP contribution in [0.2, 0.25) is 0 Å². The van der Waals surface area contributed by atoms with E-state index < -0.39 is 16.1 Å². The van der Waals surface area contributed by atoms with Gasteiger partial charge in [0.25, 0.3) is 10.0 Å². The second-order valence-electron chi connectivity index (χ2n) is 8.79. The summed E-state index contributed by atoms with van der Waals surface area (Å²) >= 11 is 0. The highest BCUT2D eigenvalue weighted by Gasteiger charge is 2.28. The first-order chi connectivity index (χ1) is 16.9. The number of nitrogens with zero attached hydrogens (tertiary/aromatic N) is 3. The van der Waals surface area contributed by atoms with Crippen LogP contribution in [0.25, 0.3) is 10.9 Å². The van der Waals surface area contributed by atoms with Crippen molar-refractivity contribution in [1.82, 2.24) is 8.87 Å². The average molecular weight is 490 g/mol. The number of amides is 1. The van der Waals surface area contributed by atoms with Crippen LogP contribution in [0.3, 0.4) is 0 Å². The van der Waals surface area contributed by atoms with Crippen molar-refractivity contribution in [2.45, 2.75) is 30.3 Å². The molecule has 0 saturated carbocycles. The minimum atomic E-state index is -3.70. The molecule has 0 aliphatic carbocycles. The quantitative estimate of drug-likeness (QED) is 0.411. The van der Waals surface area contributed by atoms with Crippen molar-refractivity contribution in [2.24, 2.45) is 0 Å². The fourth-order valence-corrected chi connectivity index (χ4v) is 6.15. The molecule has 8 heteroatoms. The van der Waals surface area contributed by atoms with Crippen LogP contribution < -0.4 is 4.90 Å². The van der Waals surface area contributed by atoms with Crippen molar-refractivity contribution in [3.63, 3.8) is 0 Å². The molecule has 0 radical (unpaired) electrons. The molecule has 0 unspecified atom stereocenters. The monoisotopic (exact) mass is 489 g/mol. The average Bonchev–Trinajstić information content (AvgIpc) is 3.33. The van der Waals surface area contributed by atoms with Crippen LogP contribution in [0.5, 0.6) is 0 Å². The zero-order valence-corrected chi connectivity index (χ0v) is 20.0. The van der Waals surface area contributed by atoms with Crippen molar-refractivity contribution < 1.29 is 18.3 Å². The van der Waals surface area contributed by atoms with Crippen LogP contribution >= 0.6 is 0 Å². The zero-order chi connectivity index (χ0) is 24.4. The van der Waals surface area contributed by atoms with Crippen LogP contribution in [0.4, 0.5) is 10.5 Å². The van der Waals surface area contributed by atoms with Crippen LogP contribution in [0.1, 0.15) is 18.4 Å². The summed E-state index contributed by atoms with van der Waals surface area (Å²) in [4.78, 5) is 15.4. The third-order valence-electron chi connectivity index (χ3n) is 6.64. The summed E-state index contributed by atoms with van der Waals surface area (Å²) in [6, 6.07) is 26.5. The van der Waals surface area contributed by atoms with Crippen molar-refractivity contribution in [3.8, 4) is 0 Å². The van der Waals surface area contributed by atoms with E-state index in [1.165, 1.54) is 8.87 Å². The minimum absolute atomic E-state index is 0.179. The highest BCUT2D eigenvalue weighted by Crippen LogP contribution is 2.31. The van der Waals surface area contributed by atoms with E-state index in [1.54, 1.807) is 36.5 Å². The summed E-state index contributed by atoms with van der Waals surface area (Å²) < 4.78 is 27.7. The van der Waals surface area contributed by atoms with Gasteiger partial charge in [-0.1, -0.05) is 48.5 Å². The van der Waals surface area contributed by atoms with Gasteiger partial charge in [0.05, 0.1) is 10.4 Å². The lowest BCUT2D eigenvalue weighted by atomic mass is 10.0. The van der Waals surface area contributed by atoms with E-state index in [-0.39, 0.29) is 10.9 Å². The first-order valence-electron chi connectivity index (χ1n) is 11.6. The standard InChI is InChI=1S/C27H27N3O4S/c31-27(32)28-16-14-23(15-17-28)29(20-21-7-3-1-4-8-21)24-11-12-26-22(19-24)13-18-30(26)35(33,34)25-9-5-2-6-10-25/h1-13,18-19,23H,14-17,20H2,(H,31,32). The number of likely N-dealkylation sites (tertiary alicyclic amines) is 1. The molecule has 0 atom stereocenters. The summed E-state index contributed by atoms with van der Waals surface area (Å²) in [6.07, 6.45) is 2.20. The molecular formula is C27H27N3O4S. The lowest BCUT2D eigenvalue weighted by Gasteiger charge is -2.39. The van der Waals surface area contributed by atoms with Crippen molar-refractivity contribution in [2.75, 3.05) is 18.0 Å². The largest absolute Gasteiger partial charge is 0.465 e. The Morgan fingerprint density at radius 2 is 1.57 bits per heavy atom. The maximum absolute atomic E-state index is 13.2. The number of fused-ring (bicyclic) bond motifs is 1. The number of carbonyl (C=O) groups is 1. The molecule has 1 aromatic heterocycles. The lowest BCUT2D eigenvalue weighted by molar-refractivity contribution is 0.131. The molecule has 2 heterocycles. The molecule has 3 aromatic carbocycles. The lowest BCUT2D eigenvalue weighted by Crippen LogP contribution is -2.46. The first kappa shape index (κ1) is 23.0. The maximum atomic E-state index is 13.2. The molecule has 0 spiro atoms. The highest BCUT2D eigenvalue weighted by atomic mass is 32.2. The Morgan fingerprint density at radius 1 is 0.914 bits per heavy atom. The molecule has 4 aromatic rings. The normalized spacial score (nSPS) is 14.8. The van der Waals surface area contributed by atoms with Gasteiger partial charge in [0.2, 0.25) is 0 Å². The van der Waals surface area contributed by atoms with E-state index in [1.807, 2.05) is 42.5 Å². The van der Waals surface area contributed by atoms with Gasteiger partial charge in [-0.25, -0.2) is 17.2 Å². The SMILES string of the molecule is O=C(O)N1CCC(N(Cc2ccccc2)c2ccc3c(ccn3S(=O)(=O)c3ccccc3)c2)CC1. The van der Waals surface area contributed by atoms with Gasteiger partial charge >= 0.3 is 6.09 Å². The molecule has 0 bridgehead atoms. The van der Waals surface area contributed by atoms with Gasteiger partial charge in [0.1, 0.15) is 0 Å². The molecule has 1 N–H and O–H groups in total. The van der Waals surface area contributed by atoms with Crippen molar-refractivity contribution >= 4 is 32.7 Å². The fourth-order valence-electron chi connectivity index (χ4n) is 4.78. The van der Waals surface area contributed by atoms with E-state index in [2.05, 4.69) is 17.0 Å². The Balaban J connectivity index is 1.49. The molecule has 1 fully saturated rings. The van der Waals surface area contributed by atoms with E-state index in [0.717, 1.165) is 29.5 Å². The first-order valence-corrected chi connectivity index (χ1v) is 13.1. The smallest absolute Gasteiger partial charge is 0.407 e. The number of benzene rings is 3. The molecule has 1 amide bonds. The molecule has 5 rings (SSSR count). The van der Waals surface area contributed by atoms with Crippen LogP contribution in [-0.4, -0.2) is 47.6 Å². The van der Waals surface area contributed by atoms with Crippen LogP contribution in [-0.2, 0) is 16.6 Å². The summed E-state index contributed by atoms with van der Waals surface area (Å²) in [6.45, 7) is 1.69. The van der Waals surface area contributed by atoms with Gasteiger partial charge in [-0.15, -0.1) is 0 Å². The minimum Gasteiger partial charge on any atom is -0.465 e. The van der Waals surface area contributed by atoms with E-state index in [9.17, 15) is 18.3 Å². The Bertz CT molecular complexity index is 1430. The molecule has 180 valence electrons. The Morgan fingerprint density at radius 3 is 2.23 bits per heavy atom. The van der Waals surface area contributed by atoms with Gasteiger partial charge in [-0.2, -0.15) is 0 Å². The summed E-state index contributed by atoms with van der Waals surface area (Å²) in [5.74, 6) is 0. The predicted molar refractivity (Wildman–Crippen MR) is 136 cm³/mol. The van der Waals surface area contributed by atoms with Gasteiger partial charge in [-0.3, -0.25) is 0 Å². The predicted octanol–water partition coefficient (Wildman–Crippen LogP) is 5.03. The van der Waals surface area contributed by atoms with Gasteiger partial charge < -0.3 is 14.9 Å². The Hall–Kier alpha value is -3.78. The highest BCUT2D eigenvalue weighted by molar-refractivity contribution is 7.90. The maximum Gasteiger partial charge on any atom is 0.407 e. The van der Waals surface area contributed by atoms with Crippen LogP contribution in [0.15, 0.2) is 96.0 Å². The van der Waals surface area contributed by atoms with E-state index >= 15 is 0 Å². The molecule has 1 aliphatic heterocycles.